The van der Waals surface area contributed by atoms with Gasteiger partial charge in [-0.2, -0.15) is 0 Å². The van der Waals surface area contributed by atoms with Gasteiger partial charge in [-0.05, 0) is 37.6 Å². The van der Waals surface area contributed by atoms with Crippen LogP contribution in [0.5, 0.6) is 0 Å². The molecule has 0 radical (unpaired) electrons. The Morgan fingerprint density at radius 1 is 1.11 bits per heavy atom. The summed E-state index contributed by atoms with van der Waals surface area (Å²) in [5, 5.41) is 10.7. The molecule has 4 rings (SSSR count). The van der Waals surface area contributed by atoms with E-state index in [1.165, 1.54) is 0 Å². The third-order valence-corrected chi connectivity index (χ3v) is 5.32. The van der Waals surface area contributed by atoms with E-state index < -0.39 is 6.10 Å². The molecule has 1 saturated heterocycles. The third-order valence-electron chi connectivity index (χ3n) is 5.32. The molecule has 0 amide bonds. The quantitative estimate of drug-likeness (QED) is 0.750. The molecule has 0 saturated carbocycles. The highest BCUT2D eigenvalue weighted by atomic mass is 16.3. The Kier molecular flexibility index (Phi) is 4.77. The second-order valence-corrected chi connectivity index (χ2v) is 7.36. The monoisotopic (exact) mass is 379 g/mol. The minimum Gasteiger partial charge on any atom is -0.389 e. The minimum atomic E-state index is -0.684. The Bertz CT molecular complexity index is 1050. The summed E-state index contributed by atoms with van der Waals surface area (Å²) in [5.74, 6) is 1.61. The second kappa shape index (κ2) is 7.24. The van der Waals surface area contributed by atoms with Gasteiger partial charge in [-0.25, -0.2) is 9.97 Å². The molecule has 0 spiro atoms. The Balaban J connectivity index is 1.70. The maximum Gasteiger partial charge on any atom is 0.262 e. The molecule has 146 valence electrons. The van der Waals surface area contributed by atoms with Crippen LogP contribution in [0.25, 0.3) is 10.9 Å². The summed E-state index contributed by atoms with van der Waals surface area (Å²) in [4.78, 5) is 26.6. The van der Waals surface area contributed by atoms with Crippen molar-refractivity contribution >= 4 is 22.7 Å². The topological polar surface area (TPSA) is 74.5 Å². The Labute approximate surface area is 163 Å². The van der Waals surface area contributed by atoms with Crippen LogP contribution in [0.1, 0.15) is 24.2 Å². The van der Waals surface area contributed by atoms with Gasteiger partial charge < -0.3 is 14.9 Å². The number of pyridine rings is 1. The van der Waals surface area contributed by atoms with Gasteiger partial charge in [-0.1, -0.05) is 12.1 Å². The highest BCUT2D eigenvalue weighted by molar-refractivity contribution is 5.83. The number of piperazine rings is 1. The predicted molar refractivity (Wildman–Crippen MR) is 111 cm³/mol. The predicted octanol–water partition coefficient (Wildman–Crippen LogP) is 2.02. The van der Waals surface area contributed by atoms with E-state index >= 15 is 0 Å². The van der Waals surface area contributed by atoms with E-state index in [2.05, 4.69) is 14.8 Å². The summed E-state index contributed by atoms with van der Waals surface area (Å²) in [5.41, 5.74) is 2.14. The van der Waals surface area contributed by atoms with E-state index in [0.29, 0.717) is 22.4 Å². The first-order valence-corrected chi connectivity index (χ1v) is 9.56. The second-order valence-electron chi connectivity index (χ2n) is 7.36. The van der Waals surface area contributed by atoms with Gasteiger partial charge >= 0.3 is 0 Å². The fourth-order valence-electron chi connectivity index (χ4n) is 3.82. The lowest BCUT2D eigenvalue weighted by atomic mass is 10.0. The van der Waals surface area contributed by atoms with Crippen molar-refractivity contribution < 1.29 is 5.11 Å². The number of hydrogen-bond acceptors (Lipinski definition) is 6. The van der Waals surface area contributed by atoms with Gasteiger partial charge in [0.2, 0.25) is 5.95 Å². The maximum atomic E-state index is 13.0. The minimum absolute atomic E-state index is 0.0854. The number of fused-ring (bicyclic) bond motifs is 1. The number of anilines is 2. The fraction of sp³-hybridized carbons (Fsp3) is 0.381. The van der Waals surface area contributed by atoms with Crippen LogP contribution < -0.4 is 15.4 Å². The number of aliphatic hydroxyl groups excluding tert-OH is 1. The normalized spacial score (nSPS) is 15.9. The molecule has 0 bridgehead atoms. The van der Waals surface area contributed by atoms with Crippen LogP contribution in [-0.2, 0) is 7.05 Å². The van der Waals surface area contributed by atoms with Crippen LogP contribution in [-0.4, -0.2) is 45.8 Å². The highest BCUT2D eigenvalue weighted by Crippen LogP contribution is 2.25. The van der Waals surface area contributed by atoms with Gasteiger partial charge in [-0.3, -0.25) is 9.36 Å². The average Bonchev–Trinajstić information content (AvgIpc) is 2.71. The zero-order valence-corrected chi connectivity index (χ0v) is 16.5. The highest BCUT2D eigenvalue weighted by Gasteiger charge is 2.23. The molecule has 1 atom stereocenters. The summed E-state index contributed by atoms with van der Waals surface area (Å²) in [6, 6.07) is 9.66. The summed E-state index contributed by atoms with van der Waals surface area (Å²) in [7, 11) is 1.76. The lowest BCUT2D eigenvalue weighted by Crippen LogP contribution is -2.48. The van der Waals surface area contributed by atoms with Crippen molar-refractivity contribution in [3.05, 3.63) is 58.0 Å². The van der Waals surface area contributed by atoms with E-state index in [1.807, 2.05) is 37.3 Å². The van der Waals surface area contributed by atoms with Gasteiger partial charge in [0, 0.05) is 45.0 Å². The Morgan fingerprint density at radius 3 is 2.46 bits per heavy atom. The van der Waals surface area contributed by atoms with Crippen molar-refractivity contribution in [2.45, 2.75) is 20.0 Å². The molecule has 3 aromatic rings. The van der Waals surface area contributed by atoms with Gasteiger partial charge in [0.1, 0.15) is 5.82 Å². The van der Waals surface area contributed by atoms with Crippen LogP contribution in [0.2, 0.25) is 0 Å². The largest absolute Gasteiger partial charge is 0.389 e. The van der Waals surface area contributed by atoms with Crippen LogP contribution in [0.15, 0.2) is 41.3 Å². The molecule has 1 N–H and O–H groups in total. The molecule has 0 aliphatic carbocycles. The standard InChI is InChI=1S/C21H25N5O2/c1-14-12-16(15(2)27)19-17(13-14)20(28)24(3)21(23-19)26-10-8-25(9-11-26)18-6-4-5-7-22-18/h4-7,12-13,15,27H,8-11H2,1-3H3. The van der Waals surface area contributed by atoms with E-state index in [4.69, 9.17) is 4.98 Å². The van der Waals surface area contributed by atoms with E-state index in [1.54, 1.807) is 24.7 Å². The molecule has 1 aliphatic rings. The zero-order chi connectivity index (χ0) is 19.8. The molecule has 3 heterocycles. The molecule has 2 aromatic heterocycles. The summed E-state index contributed by atoms with van der Waals surface area (Å²) >= 11 is 0. The van der Waals surface area contributed by atoms with Gasteiger partial charge in [-0.15, -0.1) is 0 Å². The maximum absolute atomic E-state index is 13.0. The third kappa shape index (κ3) is 3.22. The van der Waals surface area contributed by atoms with Crippen molar-refractivity contribution in [1.82, 2.24) is 14.5 Å². The van der Waals surface area contributed by atoms with Crippen LogP contribution >= 0.6 is 0 Å². The van der Waals surface area contributed by atoms with Crippen molar-refractivity contribution in [3.8, 4) is 0 Å². The molecular formula is C21H25N5O2. The molecular weight excluding hydrogens is 354 g/mol. The zero-order valence-electron chi connectivity index (χ0n) is 16.5. The summed E-state index contributed by atoms with van der Waals surface area (Å²) in [6.07, 6.45) is 1.12. The molecule has 7 nitrogen and oxygen atoms in total. The number of hydrogen-bond donors (Lipinski definition) is 1. The number of nitrogens with zero attached hydrogens (tertiary/aromatic N) is 5. The van der Waals surface area contributed by atoms with Crippen molar-refractivity contribution in [1.29, 1.82) is 0 Å². The van der Waals surface area contributed by atoms with E-state index in [-0.39, 0.29) is 5.56 Å². The van der Waals surface area contributed by atoms with Crippen molar-refractivity contribution in [2.24, 2.45) is 7.05 Å². The molecule has 7 heteroatoms. The van der Waals surface area contributed by atoms with E-state index in [9.17, 15) is 9.90 Å². The lowest BCUT2D eigenvalue weighted by Gasteiger charge is -2.36. The Hall–Kier alpha value is -2.93. The average molecular weight is 379 g/mol. The van der Waals surface area contributed by atoms with Crippen LogP contribution in [0.4, 0.5) is 11.8 Å². The van der Waals surface area contributed by atoms with Crippen LogP contribution in [0, 0.1) is 6.92 Å². The van der Waals surface area contributed by atoms with Crippen molar-refractivity contribution in [2.75, 3.05) is 36.0 Å². The first-order chi connectivity index (χ1) is 13.5. The lowest BCUT2D eigenvalue weighted by molar-refractivity contribution is 0.200. The summed E-state index contributed by atoms with van der Waals surface area (Å²) < 4.78 is 1.62. The number of aryl methyl sites for hydroxylation is 1. The number of aromatic nitrogens is 3. The number of benzene rings is 1. The first kappa shape index (κ1) is 18.4. The molecule has 28 heavy (non-hydrogen) atoms. The van der Waals surface area contributed by atoms with Crippen LogP contribution in [0.3, 0.4) is 0 Å². The SMILES string of the molecule is Cc1cc(C(C)O)c2nc(N3CCN(c4ccccn4)CC3)n(C)c(=O)c2c1. The first-order valence-electron chi connectivity index (χ1n) is 9.56. The molecule has 1 aromatic carbocycles. The van der Waals surface area contributed by atoms with E-state index in [0.717, 1.165) is 37.6 Å². The molecule has 1 fully saturated rings. The molecule has 1 unspecified atom stereocenters. The smallest absolute Gasteiger partial charge is 0.262 e. The van der Waals surface area contributed by atoms with Gasteiger partial charge in [0.25, 0.3) is 5.56 Å². The fourth-order valence-corrected chi connectivity index (χ4v) is 3.82. The molecule has 1 aliphatic heterocycles. The van der Waals surface area contributed by atoms with Gasteiger partial charge in [0.15, 0.2) is 0 Å². The number of aliphatic hydroxyl groups is 1. The summed E-state index contributed by atoms with van der Waals surface area (Å²) in [6.45, 7) is 6.74. The van der Waals surface area contributed by atoms with Gasteiger partial charge in [0.05, 0.1) is 17.0 Å². The Morgan fingerprint density at radius 2 is 1.82 bits per heavy atom. The van der Waals surface area contributed by atoms with Crippen molar-refractivity contribution in [3.63, 3.8) is 0 Å². The number of rotatable bonds is 3.